The van der Waals surface area contributed by atoms with Crippen molar-refractivity contribution in [1.82, 2.24) is 0 Å². The van der Waals surface area contributed by atoms with Gasteiger partial charge in [0.15, 0.2) is 12.4 Å². The molecular weight excluding hydrogens is 240 g/mol. The Balaban J connectivity index is 2.74. The van der Waals surface area contributed by atoms with Gasteiger partial charge in [-0.3, -0.25) is 4.79 Å². The van der Waals surface area contributed by atoms with Gasteiger partial charge in [0.25, 0.3) is 0 Å². The molecule has 1 heterocycles. The van der Waals surface area contributed by atoms with E-state index in [4.69, 9.17) is 14.2 Å². The highest BCUT2D eigenvalue weighted by Gasteiger charge is 2.46. The number of hydrogen-bond acceptors (Lipinski definition) is 6. The van der Waals surface area contributed by atoms with Crippen molar-refractivity contribution in [3.05, 3.63) is 12.7 Å². The second-order valence-electron chi connectivity index (χ2n) is 4.12. The summed E-state index contributed by atoms with van der Waals surface area (Å²) in [5.41, 5.74) is 0. The molecule has 1 rings (SSSR count). The molecule has 6 nitrogen and oxygen atoms in total. The molecule has 0 aromatic carbocycles. The second kappa shape index (κ2) is 6.84. The van der Waals surface area contributed by atoms with Crippen LogP contribution in [0.1, 0.15) is 19.8 Å². The first-order chi connectivity index (χ1) is 8.54. The molecule has 0 saturated carbocycles. The predicted molar refractivity (Wildman–Crippen MR) is 62.7 cm³/mol. The Hall–Kier alpha value is -0.950. The summed E-state index contributed by atoms with van der Waals surface area (Å²) in [6, 6.07) is 0. The molecule has 0 aromatic heterocycles. The first kappa shape index (κ1) is 15.1. The number of aliphatic hydroxyl groups is 2. The second-order valence-corrected chi connectivity index (χ2v) is 4.12. The summed E-state index contributed by atoms with van der Waals surface area (Å²) in [5.74, 6) is -0.554. The smallest absolute Gasteiger partial charge is 0.310 e. The van der Waals surface area contributed by atoms with E-state index in [-0.39, 0.29) is 6.42 Å². The molecule has 0 amide bonds. The lowest BCUT2D eigenvalue weighted by Crippen LogP contribution is -2.59. The molecule has 5 unspecified atom stereocenters. The highest BCUT2D eigenvalue weighted by atomic mass is 16.7. The van der Waals surface area contributed by atoms with Crippen LogP contribution in [0.15, 0.2) is 12.7 Å². The number of methoxy groups -OCH3 is 1. The lowest BCUT2D eigenvalue weighted by molar-refractivity contribution is -0.293. The molecule has 0 aromatic rings. The average molecular weight is 260 g/mol. The maximum Gasteiger partial charge on any atom is 0.310 e. The van der Waals surface area contributed by atoms with E-state index in [1.54, 1.807) is 0 Å². The van der Waals surface area contributed by atoms with E-state index in [2.05, 4.69) is 6.58 Å². The molecule has 104 valence electrons. The van der Waals surface area contributed by atoms with Gasteiger partial charge in [-0.05, 0) is 6.42 Å². The molecule has 1 fully saturated rings. The summed E-state index contributed by atoms with van der Waals surface area (Å²) in [7, 11) is 1.39. The van der Waals surface area contributed by atoms with Crippen molar-refractivity contribution in [2.45, 2.75) is 50.5 Å². The molecule has 0 spiro atoms. The van der Waals surface area contributed by atoms with E-state index in [1.807, 2.05) is 6.92 Å². The van der Waals surface area contributed by atoms with Gasteiger partial charge in [0.05, 0.1) is 12.5 Å². The third-order valence-electron chi connectivity index (χ3n) is 2.86. The van der Waals surface area contributed by atoms with E-state index in [0.717, 1.165) is 0 Å². The van der Waals surface area contributed by atoms with Gasteiger partial charge >= 0.3 is 5.97 Å². The van der Waals surface area contributed by atoms with Crippen LogP contribution in [-0.4, -0.2) is 54.0 Å². The number of rotatable bonds is 5. The van der Waals surface area contributed by atoms with Crippen LogP contribution in [0, 0.1) is 0 Å². The van der Waals surface area contributed by atoms with Crippen LogP contribution in [0.25, 0.3) is 0 Å². The normalized spacial score (nSPS) is 36.1. The Kier molecular flexibility index (Phi) is 5.74. The third-order valence-corrected chi connectivity index (χ3v) is 2.86. The maximum atomic E-state index is 11.4. The van der Waals surface area contributed by atoms with Gasteiger partial charge < -0.3 is 24.4 Å². The Morgan fingerprint density at radius 2 is 2.11 bits per heavy atom. The summed E-state index contributed by atoms with van der Waals surface area (Å²) >= 11 is 0. The van der Waals surface area contributed by atoms with Crippen molar-refractivity contribution in [2.75, 3.05) is 7.11 Å². The molecular formula is C12H20O6. The standard InChI is InChI=1S/C12H20O6/c1-4-6-8(13)18-11-10(15)9(14)7(5-2)17-12(11)16-3/h4,7,9-12,14-15H,1,5-6H2,2-3H3. The molecule has 0 bridgehead atoms. The number of aliphatic hydroxyl groups excluding tert-OH is 2. The number of ether oxygens (including phenoxy) is 3. The number of esters is 1. The minimum absolute atomic E-state index is 0.0208. The minimum Gasteiger partial charge on any atom is -0.454 e. The van der Waals surface area contributed by atoms with Crippen molar-refractivity contribution >= 4 is 5.97 Å². The predicted octanol–water partition coefficient (Wildman–Crippen LogP) is -0.0226. The van der Waals surface area contributed by atoms with Crippen molar-refractivity contribution in [2.24, 2.45) is 0 Å². The fraction of sp³-hybridized carbons (Fsp3) is 0.750. The first-order valence-corrected chi connectivity index (χ1v) is 5.89. The van der Waals surface area contributed by atoms with Gasteiger partial charge in [-0.25, -0.2) is 0 Å². The van der Waals surface area contributed by atoms with E-state index in [1.165, 1.54) is 13.2 Å². The summed E-state index contributed by atoms with van der Waals surface area (Å²) in [4.78, 5) is 11.4. The third kappa shape index (κ3) is 3.29. The highest BCUT2D eigenvalue weighted by Crippen LogP contribution is 2.25. The van der Waals surface area contributed by atoms with Gasteiger partial charge in [0, 0.05) is 7.11 Å². The fourth-order valence-corrected chi connectivity index (χ4v) is 1.88. The van der Waals surface area contributed by atoms with Crippen molar-refractivity contribution < 1.29 is 29.2 Å². The largest absolute Gasteiger partial charge is 0.454 e. The molecule has 0 aliphatic carbocycles. The molecule has 1 aliphatic rings. The topological polar surface area (TPSA) is 85.2 Å². The summed E-state index contributed by atoms with van der Waals surface area (Å²) in [5, 5.41) is 19.8. The first-order valence-electron chi connectivity index (χ1n) is 5.89. The Morgan fingerprint density at radius 3 is 2.61 bits per heavy atom. The quantitative estimate of drug-likeness (QED) is 0.533. The van der Waals surface area contributed by atoms with Gasteiger partial charge in [0.1, 0.15) is 12.2 Å². The van der Waals surface area contributed by atoms with Crippen molar-refractivity contribution in [3.63, 3.8) is 0 Å². The minimum atomic E-state index is -1.23. The molecule has 6 heteroatoms. The zero-order valence-electron chi connectivity index (χ0n) is 10.6. The van der Waals surface area contributed by atoms with Crippen LogP contribution in [0.5, 0.6) is 0 Å². The van der Waals surface area contributed by atoms with Crippen LogP contribution >= 0.6 is 0 Å². The zero-order chi connectivity index (χ0) is 13.7. The SMILES string of the molecule is C=CCC(=O)OC1C(OC)OC(CC)C(O)C1O. The summed E-state index contributed by atoms with van der Waals surface area (Å²) < 4.78 is 15.5. The Labute approximate surface area is 106 Å². The maximum absolute atomic E-state index is 11.4. The molecule has 1 saturated heterocycles. The van der Waals surface area contributed by atoms with Gasteiger partial charge in [0.2, 0.25) is 0 Å². The van der Waals surface area contributed by atoms with E-state index >= 15 is 0 Å². The van der Waals surface area contributed by atoms with Crippen molar-refractivity contribution in [1.29, 1.82) is 0 Å². The average Bonchev–Trinajstić information content (AvgIpc) is 2.36. The van der Waals surface area contributed by atoms with Gasteiger partial charge in [-0.15, -0.1) is 6.58 Å². The van der Waals surface area contributed by atoms with Crippen LogP contribution in [0.3, 0.4) is 0 Å². The molecule has 5 atom stereocenters. The van der Waals surface area contributed by atoms with Gasteiger partial charge in [-0.1, -0.05) is 13.0 Å². The lowest BCUT2D eigenvalue weighted by atomic mass is 9.97. The van der Waals surface area contributed by atoms with Crippen LogP contribution in [0.2, 0.25) is 0 Å². The van der Waals surface area contributed by atoms with Gasteiger partial charge in [-0.2, -0.15) is 0 Å². The van der Waals surface area contributed by atoms with E-state index < -0.39 is 36.7 Å². The number of hydrogen-bond donors (Lipinski definition) is 2. The molecule has 0 radical (unpaired) electrons. The highest BCUT2D eigenvalue weighted by molar-refractivity contribution is 5.71. The molecule has 18 heavy (non-hydrogen) atoms. The molecule has 2 N–H and O–H groups in total. The van der Waals surface area contributed by atoms with Crippen molar-refractivity contribution in [3.8, 4) is 0 Å². The van der Waals surface area contributed by atoms with Crippen LogP contribution in [-0.2, 0) is 19.0 Å². The zero-order valence-corrected chi connectivity index (χ0v) is 10.6. The lowest BCUT2D eigenvalue weighted by Gasteiger charge is -2.41. The molecule has 1 aliphatic heterocycles. The van der Waals surface area contributed by atoms with E-state index in [0.29, 0.717) is 6.42 Å². The van der Waals surface area contributed by atoms with Crippen LogP contribution in [0.4, 0.5) is 0 Å². The van der Waals surface area contributed by atoms with E-state index in [9.17, 15) is 15.0 Å². The monoisotopic (exact) mass is 260 g/mol. The summed E-state index contributed by atoms with van der Waals surface area (Å²) in [6.07, 6.45) is -2.88. The number of carbonyl (C=O) groups excluding carboxylic acids is 1. The Bertz CT molecular complexity index is 290. The van der Waals surface area contributed by atoms with Crippen LogP contribution < -0.4 is 0 Å². The number of carbonyl (C=O) groups is 1. The summed E-state index contributed by atoms with van der Waals surface area (Å²) in [6.45, 7) is 5.23. The fourth-order valence-electron chi connectivity index (χ4n) is 1.88. The Morgan fingerprint density at radius 1 is 1.44 bits per heavy atom.